The summed E-state index contributed by atoms with van der Waals surface area (Å²) in [7, 11) is -2.56. The number of piperidine rings is 1. The average Bonchev–Trinajstić information content (AvgIpc) is 3.32. The predicted molar refractivity (Wildman–Crippen MR) is 133 cm³/mol. The Kier molecular flexibility index (Phi) is 6.51. The van der Waals surface area contributed by atoms with Gasteiger partial charge in [0.2, 0.25) is 0 Å². The van der Waals surface area contributed by atoms with Crippen molar-refractivity contribution in [3.63, 3.8) is 0 Å². The molecule has 2 aliphatic heterocycles. The summed E-state index contributed by atoms with van der Waals surface area (Å²) in [5, 5.41) is 11.3. The number of nitrogens with zero attached hydrogens (tertiary/aromatic N) is 3. The molecule has 0 atom stereocenters. The molecule has 2 saturated heterocycles. The van der Waals surface area contributed by atoms with E-state index in [0.29, 0.717) is 5.92 Å². The number of likely N-dealkylation sites (tertiary alicyclic amines) is 1. The third kappa shape index (κ3) is 4.84. The van der Waals surface area contributed by atoms with Crippen LogP contribution in [0.15, 0.2) is 48.7 Å². The highest BCUT2D eigenvalue weighted by molar-refractivity contribution is 7.71. The molecule has 3 aromatic rings. The molecule has 3 heterocycles. The van der Waals surface area contributed by atoms with Crippen LogP contribution in [0.5, 0.6) is 5.75 Å². The molecule has 1 N–H and O–H groups in total. The Labute approximate surface area is 196 Å². The summed E-state index contributed by atoms with van der Waals surface area (Å²) in [5.41, 5.74) is 4.24. The number of para-hydroxylation sites is 1. The predicted octanol–water partition coefficient (Wildman–Crippen LogP) is 4.03. The Morgan fingerprint density at radius 3 is 2.48 bits per heavy atom. The first-order valence-electron chi connectivity index (χ1n) is 11.9. The minimum absolute atomic E-state index is 0.0118. The monoisotopic (exact) mass is 465 g/mol. The van der Waals surface area contributed by atoms with Crippen LogP contribution < -0.4 is 4.90 Å². The number of hydrogen-bond donors (Lipinski definition) is 2. The van der Waals surface area contributed by atoms with Gasteiger partial charge in [0.1, 0.15) is 16.5 Å². The summed E-state index contributed by atoms with van der Waals surface area (Å²) in [6, 6.07) is 13.3. The first kappa shape index (κ1) is 22.2. The van der Waals surface area contributed by atoms with Crippen LogP contribution in [0.25, 0.3) is 22.0 Å². The maximum Gasteiger partial charge on any atom is 0.144 e. The van der Waals surface area contributed by atoms with E-state index in [9.17, 15) is 13.5 Å². The van der Waals surface area contributed by atoms with Crippen LogP contribution >= 0.6 is 0 Å². The van der Waals surface area contributed by atoms with Gasteiger partial charge in [-0.3, -0.25) is 4.98 Å². The molecule has 0 aliphatic carbocycles. The number of anilines is 1. The second-order valence-corrected chi connectivity index (χ2v) is 10.3. The van der Waals surface area contributed by atoms with Crippen LogP contribution in [0.1, 0.15) is 31.2 Å². The number of aromatic nitrogens is 1. The lowest BCUT2D eigenvalue weighted by Crippen LogP contribution is -2.38. The second kappa shape index (κ2) is 9.69. The summed E-state index contributed by atoms with van der Waals surface area (Å²) < 4.78 is 23.3. The van der Waals surface area contributed by atoms with E-state index in [1.807, 2.05) is 36.4 Å². The Morgan fingerprint density at radius 1 is 1.00 bits per heavy atom. The van der Waals surface area contributed by atoms with E-state index >= 15 is 0 Å². The molecule has 33 heavy (non-hydrogen) atoms. The molecule has 2 aromatic carbocycles. The summed E-state index contributed by atoms with van der Waals surface area (Å²) in [6.45, 7) is 5.47. The van der Waals surface area contributed by atoms with Crippen LogP contribution in [0.4, 0.5) is 5.69 Å². The number of fused-ring (bicyclic) bond motifs is 1. The van der Waals surface area contributed by atoms with E-state index in [0.717, 1.165) is 59.2 Å². The third-order valence-electron chi connectivity index (χ3n) is 7.08. The van der Waals surface area contributed by atoms with E-state index in [1.165, 1.54) is 32.5 Å². The van der Waals surface area contributed by atoms with Gasteiger partial charge in [0.25, 0.3) is 0 Å². The van der Waals surface area contributed by atoms with Crippen molar-refractivity contribution in [2.45, 2.75) is 31.4 Å². The molecule has 0 radical (unpaired) electrons. The van der Waals surface area contributed by atoms with E-state index < -0.39 is 10.7 Å². The van der Waals surface area contributed by atoms with Gasteiger partial charge in [0.15, 0.2) is 0 Å². The number of aromatic hydroxyl groups is 1. The highest BCUT2D eigenvalue weighted by atomic mass is 32.2. The molecule has 174 valence electrons. The van der Waals surface area contributed by atoms with Crippen LogP contribution in [0.3, 0.4) is 0 Å². The molecule has 0 saturated carbocycles. The van der Waals surface area contributed by atoms with Gasteiger partial charge in [0, 0.05) is 42.3 Å². The number of phenols is 1. The van der Waals surface area contributed by atoms with E-state index in [4.69, 9.17) is 0 Å². The van der Waals surface area contributed by atoms with Crippen molar-refractivity contribution >= 4 is 27.3 Å². The zero-order chi connectivity index (χ0) is 22.8. The van der Waals surface area contributed by atoms with Crippen molar-refractivity contribution in [1.29, 1.82) is 0 Å². The molecular weight excluding hydrogens is 434 g/mol. The minimum atomic E-state index is -2.56. The lowest BCUT2D eigenvalue weighted by Gasteiger charge is -2.36. The van der Waals surface area contributed by atoms with Gasteiger partial charge in [-0.15, -0.1) is 0 Å². The number of benzene rings is 2. The molecule has 1 aromatic heterocycles. The fourth-order valence-corrected chi connectivity index (χ4v) is 5.91. The highest BCUT2D eigenvalue weighted by Crippen LogP contribution is 2.37. The first-order chi connectivity index (χ1) is 16.1. The van der Waals surface area contributed by atoms with E-state index in [2.05, 4.69) is 14.8 Å². The minimum Gasteiger partial charge on any atom is -0.507 e. The number of phenolic OH excluding ortho intramolecular Hbond substituents is 1. The van der Waals surface area contributed by atoms with E-state index in [-0.39, 0.29) is 11.5 Å². The Morgan fingerprint density at radius 2 is 1.76 bits per heavy atom. The van der Waals surface area contributed by atoms with Crippen LogP contribution in [-0.4, -0.2) is 56.1 Å². The molecule has 0 bridgehead atoms. The zero-order valence-corrected chi connectivity index (χ0v) is 19.7. The second-order valence-electron chi connectivity index (χ2n) is 9.31. The van der Waals surface area contributed by atoms with Crippen LogP contribution in [-0.2, 0) is 16.5 Å². The first-order valence-corrected chi connectivity index (χ1v) is 13.2. The number of thiol groups is 1. The normalized spacial score (nSPS) is 17.9. The number of rotatable bonds is 6. The third-order valence-corrected chi connectivity index (χ3v) is 7.67. The highest BCUT2D eigenvalue weighted by Gasteiger charge is 2.25. The molecule has 7 heteroatoms. The van der Waals surface area contributed by atoms with Gasteiger partial charge in [-0.25, -0.2) is 8.42 Å². The van der Waals surface area contributed by atoms with Gasteiger partial charge < -0.3 is 14.9 Å². The Bertz CT molecular complexity index is 1200. The van der Waals surface area contributed by atoms with Crippen molar-refractivity contribution in [2.75, 3.05) is 37.6 Å². The van der Waals surface area contributed by atoms with Crippen molar-refractivity contribution in [3.8, 4) is 16.9 Å². The SMILES string of the molecule is O=[SH](=O)Cc1cnc2ccc(-c3ccccc3O)cc2c1N1CCC(CN2CCCC2)CC1. The summed E-state index contributed by atoms with van der Waals surface area (Å²) in [6.07, 6.45) is 6.58. The van der Waals surface area contributed by atoms with Gasteiger partial charge in [-0.1, -0.05) is 24.3 Å². The standard InChI is InChI=1S/C26H31N3O3S/c30-25-6-2-1-5-22(25)20-7-8-24-23(15-20)26(21(16-27-24)18-33(31)32)29-13-9-19(10-14-29)17-28-11-3-4-12-28/h1-2,5-8,15-16,19,30,33H,3-4,9-14,17-18H2. The quantitative estimate of drug-likeness (QED) is 0.536. The topological polar surface area (TPSA) is 73.7 Å². The maximum atomic E-state index is 11.7. The Hall–Kier alpha value is -2.64. The van der Waals surface area contributed by atoms with Crippen LogP contribution in [0, 0.1) is 5.92 Å². The van der Waals surface area contributed by atoms with Gasteiger partial charge in [-0.05, 0) is 68.5 Å². The fraction of sp³-hybridized carbons (Fsp3) is 0.423. The van der Waals surface area contributed by atoms with Crippen molar-refractivity contribution in [3.05, 3.63) is 54.2 Å². The summed E-state index contributed by atoms with van der Waals surface area (Å²) in [4.78, 5) is 9.51. The average molecular weight is 466 g/mol. The lowest BCUT2D eigenvalue weighted by molar-refractivity contribution is 0.249. The van der Waals surface area contributed by atoms with Gasteiger partial charge in [0.05, 0.1) is 17.0 Å². The van der Waals surface area contributed by atoms with Gasteiger partial charge >= 0.3 is 0 Å². The summed E-state index contributed by atoms with van der Waals surface area (Å²) in [5.74, 6) is 0.916. The number of pyridine rings is 1. The lowest BCUT2D eigenvalue weighted by atomic mass is 9.94. The van der Waals surface area contributed by atoms with E-state index in [1.54, 1.807) is 12.3 Å². The molecule has 6 nitrogen and oxygen atoms in total. The van der Waals surface area contributed by atoms with Crippen molar-refractivity contribution < 1.29 is 13.5 Å². The van der Waals surface area contributed by atoms with Crippen molar-refractivity contribution in [2.24, 2.45) is 5.92 Å². The smallest absolute Gasteiger partial charge is 0.144 e. The van der Waals surface area contributed by atoms with Crippen LogP contribution in [0.2, 0.25) is 0 Å². The summed E-state index contributed by atoms with van der Waals surface area (Å²) >= 11 is 0. The fourth-order valence-electron chi connectivity index (χ4n) is 5.40. The molecule has 0 unspecified atom stereocenters. The molecule has 0 amide bonds. The largest absolute Gasteiger partial charge is 0.507 e. The van der Waals surface area contributed by atoms with Gasteiger partial charge in [-0.2, -0.15) is 0 Å². The molecule has 2 aliphatic rings. The molecule has 0 spiro atoms. The maximum absolute atomic E-state index is 11.7. The van der Waals surface area contributed by atoms with Crippen molar-refractivity contribution in [1.82, 2.24) is 9.88 Å². The zero-order valence-electron chi connectivity index (χ0n) is 18.8. The molecule has 2 fully saturated rings. The Balaban J connectivity index is 1.49. The molecular formula is C26H31N3O3S. The number of hydrogen-bond acceptors (Lipinski definition) is 6. The molecule has 5 rings (SSSR count).